The SMILES string of the molecule is CC[C@@H](C(=O)N(CC)Cc1nc(-c2cccs2)no1)N(c1ccccc1)S(C)(=O)=O. The topological polar surface area (TPSA) is 96.6 Å². The fraction of sp³-hybridized carbons (Fsp3) is 0.350. The van der Waals surface area contributed by atoms with Crippen molar-refractivity contribution in [2.24, 2.45) is 0 Å². The summed E-state index contributed by atoms with van der Waals surface area (Å²) in [6, 6.07) is 11.6. The van der Waals surface area contributed by atoms with Gasteiger partial charge in [-0.25, -0.2) is 8.42 Å². The lowest BCUT2D eigenvalue weighted by Crippen LogP contribution is -2.50. The second-order valence-electron chi connectivity index (χ2n) is 6.66. The molecule has 3 aromatic rings. The Hall–Kier alpha value is -2.72. The molecular weight excluding hydrogens is 424 g/mol. The number of para-hydroxylation sites is 1. The van der Waals surface area contributed by atoms with Gasteiger partial charge in [0.05, 0.1) is 16.8 Å². The van der Waals surface area contributed by atoms with Crippen LogP contribution in [0.5, 0.6) is 0 Å². The highest BCUT2D eigenvalue weighted by molar-refractivity contribution is 7.92. The van der Waals surface area contributed by atoms with Crippen LogP contribution in [0, 0.1) is 0 Å². The molecule has 2 aromatic heterocycles. The molecular formula is C20H24N4O4S2. The summed E-state index contributed by atoms with van der Waals surface area (Å²) < 4.78 is 31.6. The standard InChI is InChI=1S/C20H24N4O4S2/c1-4-16(24(30(3,26)27)15-10-7-6-8-11-15)20(25)23(5-2)14-18-21-19(22-28-18)17-12-9-13-29-17/h6-13,16H,4-5,14H2,1-3H3/t16-/m0/s1. The van der Waals surface area contributed by atoms with Gasteiger partial charge in [0.1, 0.15) is 12.6 Å². The Kier molecular flexibility index (Phi) is 6.88. The number of thiophene rings is 1. The van der Waals surface area contributed by atoms with E-state index in [0.717, 1.165) is 11.1 Å². The Morgan fingerprint density at radius 1 is 1.17 bits per heavy atom. The first-order chi connectivity index (χ1) is 14.3. The molecule has 0 saturated carbocycles. The van der Waals surface area contributed by atoms with E-state index in [9.17, 15) is 13.2 Å². The molecule has 0 N–H and O–H groups in total. The summed E-state index contributed by atoms with van der Waals surface area (Å²) >= 11 is 1.49. The first kappa shape index (κ1) is 22.0. The number of benzene rings is 1. The molecule has 0 spiro atoms. The molecule has 8 nitrogen and oxygen atoms in total. The van der Waals surface area contributed by atoms with Gasteiger partial charge in [-0.2, -0.15) is 4.98 Å². The molecule has 0 aliphatic rings. The first-order valence-electron chi connectivity index (χ1n) is 9.54. The van der Waals surface area contributed by atoms with E-state index < -0.39 is 16.1 Å². The van der Waals surface area contributed by atoms with E-state index in [1.807, 2.05) is 24.4 Å². The summed E-state index contributed by atoms with van der Waals surface area (Å²) in [5.74, 6) is 0.455. The maximum absolute atomic E-state index is 13.3. The van der Waals surface area contributed by atoms with Crippen LogP contribution in [0.1, 0.15) is 26.2 Å². The molecule has 1 atom stereocenters. The number of nitrogens with zero attached hydrogens (tertiary/aromatic N) is 4. The van der Waals surface area contributed by atoms with E-state index in [1.54, 1.807) is 37.3 Å². The highest BCUT2D eigenvalue weighted by Crippen LogP contribution is 2.24. The predicted octanol–water partition coefficient (Wildman–Crippen LogP) is 3.39. The number of carbonyl (C=O) groups excluding carboxylic acids is 1. The number of carbonyl (C=O) groups is 1. The zero-order chi connectivity index (χ0) is 21.7. The summed E-state index contributed by atoms with van der Waals surface area (Å²) in [6.45, 7) is 4.10. The van der Waals surface area contributed by atoms with Crippen molar-refractivity contribution in [1.82, 2.24) is 15.0 Å². The zero-order valence-electron chi connectivity index (χ0n) is 17.1. The van der Waals surface area contributed by atoms with Gasteiger partial charge in [0.2, 0.25) is 27.6 Å². The van der Waals surface area contributed by atoms with Crippen molar-refractivity contribution in [1.29, 1.82) is 0 Å². The van der Waals surface area contributed by atoms with Gasteiger partial charge in [0.15, 0.2) is 0 Å². The number of aromatic nitrogens is 2. The highest BCUT2D eigenvalue weighted by Gasteiger charge is 2.34. The van der Waals surface area contributed by atoms with Crippen LogP contribution < -0.4 is 4.31 Å². The first-order valence-corrected chi connectivity index (χ1v) is 12.3. The molecule has 3 rings (SSSR count). The third kappa shape index (κ3) is 4.88. The van der Waals surface area contributed by atoms with Gasteiger partial charge >= 0.3 is 0 Å². The average Bonchev–Trinajstić information content (AvgIpc) is 3.41. The summed E-state index contributed by atoms with van der Waals surface area (Å²) in [7, 11) is -3.68. The van der Waals surface area contributed by atoms with E-state index >= 15 is 0 Å². The third-order valence-electron chi connectivity index (χ3n) is 4.55. The minimum absolute atomic E-state index is 0.108. The minimum atomic E-state index is -3.68. The normalized spacial score (nSPS) is 12.5. The van der Waals surface area contributed by atoms with Gasteiger partial charge in [-0.3, -0.25) is 9.10 Å². The van der Waals surface area contributed by atoms with Crippen LogP contribution in [0.2, 0.25) is 0 Å². The largest absolute Gasteiger partial charge is 0.337 e. The Bertz CT molecular complexity index is 1070. The Labute approximate surface area is 180 Å². The molecule has 160 valence electrons. The van der Waals surface area contributed by atoms with Crippen LogP contribution in [0.15, 0.2) is 52.4 Å². The fourth-order valence-corrected chi connectivity index (χ4v) is 5.02. The number of hydrogen-bond donors (Lipinski definition) is 0. The zero-order valence-corrected chi connectivity index (χ0v) is 18.7. The van der Waals surface area contributed by atoms with Crippen molar-refractivity contribution in [3.05, 3.63) is 53.7 Å². The molecule has 1 aromatic carbocycles. The number of sulfonamides is 1. The number of likely N-dealkylation sites (N-methyl/N-ethyl adjacent to an activating group) is 1. The molecule has 0 bridgehead atoms. The van der Waals surface area contributed by atoms with Crippen LogP contribution in [-0.4, -0.2) is 48.2 Å². The second kappa shape index (κ2) is 9.40. The van der Waals surface area contributed by atoms with Crippen molar-refractivity contribution in [3.63, 3.8) is 0 Å². The molecule has 30 heavy (non-hydrogen) atoms. The van der Waals surface area contributed by atoms with E-state index in [0.29, 0.717) is 30.4 Å². The molecule has 10 heteroatoms. The Morgan fingerprint density at radius 3 is 2.47 bits per heavy atom. The molecule has 0 unspecified atom stereocenters. The summed E-state index contributed by atoms with van der Waals surface area (Å²) in [6.07, 6.45) is 1.43. The summed E-state index contributed by atoms with van der Waals surface area (Å²) in [5.41, 5.74) is 0.453. The lowest BCUT2D eigenvalue weighted by Gasteiger charge is -2.33. The van der Waals surface area contributed by atoms with Gasteiger partial charge in [0, 0.05) is 6.54 Å². The average molecular weight is 449 g/mol. The van der Waals surface area contributed by atoms with E-state index in [2.05, 4.69) is 10.1 Å². The van der Waals surface area contributed by atoms with Crippen molar-refractivity contribution < 1.29 is 17.7 Å². The van der Waals surface area contributed by atoms with E-state index in [1.165, 1.54) is 20.5 Å². The van der Waals surface area contributed by atoms with Gasteiger partial charge < -0.3 is 9.42 Å². The van der Waals surface area contributed by atoms with Crippen molar-refractivity contribution in [3.8, 4) is 10.7 Å². The number of hydrogen-bond acceptors (Lipinski definition) is 7. The van der Waals surface area contributed by atoms with Gasteiger partial charge in [-0.05, 0) is 36.9 Å². The summed E-state index contributed by atoms with van der Waals surface area (Å²) in [4.78, 5) is 20.1. The molecule has 0 fully saturated rings. The van der Waals surface area contributed by atoms with Gasteiger partial charge in [-0.1, -0.05) is 36.3 Å². The molecule has 2 heterocycles. The second-order valence-corrected chi connectivity index (χ2v) is 9.47. The van der Waals surface area contributed by atoms with Crippen molar-refractivity contribution in [2.45, 2.75) is 32.9 Å². The highest BCUT2D eigenvalue weighted by atomic mass is 32.2. The fourth-order valence-electron chi connectivity index (χ4n) is 3.16. The summed E-state index contributed by atoms with van der Waals surface area (Å²) in [5, 5.41) is 5.89. The maximum Gasteiger partial charge on any atom is 0.246 e. The van der Waals surface area contributed by atoms with Crippen LogP contribution in [-0.2, 0) is 21.4 Å². The van der Waals surface area contributed by atoms with Gasteiger partial charge in [0.25, 0.3) is 0 Å². The lowest BCUT2D eigenvalue weighted by molar-refractivity contribution is -0.133. The lowest BCUT2D eigenvalue weighted by atomic mass is 10.1. The van der Waals surface area contributed by atoms with Crippen molar-refractivity contribution >= 4 is 33.0 Å². The third-order valence-corrected chi connectivity index (χ3v) is 6.60. The minimum Gasteiger partial charge on any atom is -0.337 e. The van der Waals surface area contributed by atoms with Crippen LogP contribution in [0.3, 0.4) is 0 Å². The monoisotopic (exact) mass is 448 g/mol. The molecule has 0 aliphatic heterocycles. The Morgan fingerprint density at radius 2 is 1.90 bits per heavy atom. The van der Waals surface area contributed by atoms with Gasteiger partial charge in [-0.15, -0.1) is 11.3 Å². The number of amides is 1. The number of rotatable bonds is 9. The Balaban J connectivity index is 1.85. The van der Waals surface area contributed by atoms with Crippen LogP contribution in [0.4, 0.5) is 5.69 Å². The molecule has 1 amide bonds. The quantitative estimate of drug-likeness (QED) is 0.498. The maximum atomic E-state index is 13.3. The molecule has 0 aliphatic carbocycles. The molecule has 0 saturated heterocycles. The van der Waals surface area contributed by atoms with E-state index in [-0.39, 0.29) is 12.5 Å². The van der Waals surface area contributed by atoms with Crippen LogP contribution in [0.25, 0.3) is 10.7 Å². The van der Waals surface area contributed by atoms with Crippen molar-refractivity contribution in [2.75, 3.05) is 17.1 Å². The number of anilines is 1. The van der Waals surface area contributed by atoms with E-state index in [4.69, 9.17) is 4.52 Å². The smallest absolute Gasteiger partial charge is 0.246 e. The van der Waals surface area contributed by atoms with Crippen LogP contribution >= 0.6 is 11.3 Å². The predicted molar refractivity (Wildman–Crippen MR) is 117 cm³/mol. The molecule has 0 radical (unpaired) electrons.